The summed E-state index contributed by atoms with van der Waals surface area (Å²) in [6.07, 6.45) is 19.0. The molecule has 0 spiro atoms. The maximum atomic E-state index is 11.4. The van der Waals surface area contributed by atoms with Crippen molar-refractivity contribution >= 4 is 5.97 Å². The standard InChI is InChI=1S/C23H45NO2.BrH/c1-5-6-7-8-9-10-11-12-13-14-15-16-17-22(20-24-4)18-19-26-23(25)21(2)3;/h22,24H,2,5-20H2,1,3-4H3;1H. The Balaban J connectivity index is 0. The van der Waals surface area contributed by atoms with Crippen LogP contribution in [-0.4, -0.2) is 26.2 Å². The maximum Gasteiger partial charge on any atom is 0.333 e. The van der Waals surface area contributed by atoms with E-state index in [-0.39, 0.29) is 23.0 Å². The number of hydrogen-bond donors (Lipinski definition) is 1. The Morgan fingerprint density at radius 3 is 1.81 bits per heavy atom. The molecular weight excluding hydrogens is 402 g/mol. The zero-order chi connectivity index (χ0) is 19.5. The van der Waals surface area contributed by atoms with Gasteiger partial charge in [-0.1, -0.05) is 90.6 Å². The number of carbonyl (C=O) groups is 1. The minimum absolute atomic E-state index is 0. The highest BCUT2D eigenvalue weighted by Crippen LogP contribution is 2.16. The molecule has 1 atom stereocenters. The van der Waals surface area contributed by atoms with E-state index in [1.807, 2.05) is 0 Å². The first-order valence-corrected chi connectivity index (χ1v) is 11.2. The van der Waals surface area contributed by atoms with E-state index in [0.29, 0.717) is 18.1 Å². The molecule has 0 radical (unpaired) electrons. The Morgan fingerprint density at radius 2 is 1.37 bits per heavy atom. The first-order chi connectivity index (χ1) is 12.6. The van der Waals surface area contributed by atoms with Crippen LogP contribution in [0.1, 0.15) is 104 Å². The molecular formula is C23H46BrNO2. The number of nitrogens with two attached hydrogens (primary N) is 1. The lowest BCUT2D eigenvalue weighted by atomic mass is 9.97. The number of ether oxygens (including phenoxy) is 1. The Morgan fingerprint density at radius 1 is 0.889 bits per heavy atom. The summed E-state index contributed by atoms with van der Waals surface area (Å²) in [5.41, 5.74) is 0.490. The first-order valence-electron chi connectivity index (χ1n) is 11.2. The van der Waals surface area contributed by atoms with E-state index in [4.69, 9.17) is 4.74 Å². The lowest BCUT2D eigenvalue weighted by Gasteiger charge is -2.14. The van der Waals surface area contributed by atoms with E-state index in [0.717, 1.165) is 13.0 Å². The second-order valence-electron chi connectivity index (χ2n) is 7.89. The molecule has 0 aliphatic carbocycles. The third kappa shape index (κ3) is 20.2. The molecule has 0 amide bonds. The van der Waals surface area contributed by atoms with Crippen LogP contribution in [0.15, 0.2) is 12.2 Å². The van der Waals surface area contributed by atoms with Gasteiger partial charge in [-0.15, -0.1) is 0 Å². The van der Waals surface area contributed by atoms with Crippen molar-refractivity contribution in [2.75, 3.05) is 20.2 Å². The Bertz CT molecular complexity index is 347. The van der Waals surface area contributed by atoms with Gasteiger partial charge >= 0.3 is 5.97 Å². The number of halogens is 1. The summed E-state index contributed by atoms with van der Waals surface area (Å²) in [7, 11) is 2.12. The van der Waals surface area contributed by atoms with E-state index in [9.17, 15) is 4.79 Å². The van der Waals surface area contributed by atoms with E-state index in [1.165, 1.54) is 83.5 Å². The molecule has 0 saturated carbocycles. The largest absolute Gasteiger partial charge is 1.00 e. The normalized spacial score (nSPS) is 11.7. The number of hydrogen-bond acceptors (Lipinski definition) is 2. The summed E-state index contributed by atoms with van der Waals surface area (Å²) >= 11 is 0. The zero-order valence-electron chi connectivity index (χ0n) is 18.4. The van der Waals surface area contributed by atoms with Gasteiger partial charge in [0.05, 0.1) is 20.2 Å². The minimum atomic E-state index is -0.255. The maximum absolute atomic E-state index is 11.4. The van der Waals surface area contributed by atoms with Crippen molar-refractivity contribution in [3.8, 4) is 0 Å². The summed E-state index contributed by atoms with van der Waals surface area (Å²) in [6.45, 7) is 9.26. The van der Waals surface area contributed by atoms with Gasteiger partial charge in [0, 0.05) is 11.5 Å². The molecule has 0 fully saturated rings. The first kappa shape index (κ1) is 28.9. The van der Waals surface area contributed by atoms with Crippen LogP contribution >= 0.6 is 0 Å². The van der Waals surface area contributed by atoms with E-state index >= 15 is 0 Å². The van der Waals surface area contributed by atoms with Gasteiger partial charge in [-0.05, 0) is 19.8 Å². The SMILES string of the molecule is C=C(C)C(=O)OCCC(CCCCCCCCCCCCCC)C[NH2+]C.[Br-]. The van der Waals surface area contributed by atoms with Gasteiger partial charge in [0.15, 0.2) is 0 Å². The number of unbranched alkanes of at least 4 members (excludes halogenated alkanes) is 11. The molecule has 0 aromatic carbocycles. The van der Waals surface area contributed by atoms with Crippen molar-refractivity contribution in [1.82, 2.24) is 0 Å². The summed E-state index contributed by atoms with van der Waals surface area (Å²) in [6, 6.07) is 0. The predicted octanol–water partition coefficient (Wildman–Crippen LogP) is 2.40. The Labute approximate surface area is 179 Å². The quantitative estimate of drug-likeness (QED) is 0.187. The summed E-state index contributed by atoms with van der Waals surface area (Å²) in [5, 5.41) is 2.24. The molecule has 0 rings (SSSR count). The number of carbonyl (C=O) groups excluding carboxylic acids is 1. The molecule has 0 heterocycles. The number of esters is 1. The van der Waals surface area contributed by atoms with E-state index in [2.05, 4.69) is 25.9 Å². The zero-order valence-corrected chi connectivity index (χ0v) is 20.0. The van der Waals surface area contributed by atoms with Crippen molar-refractivity contribution in [2.45, 2.75) is 104 Å². The molecule has 0 saturated heterocycles. The van der Waals surface area contributed by atoms with Gasteiger partial charge < -0.3 is 27.0 Å². The van der Waals surface area contributed by atoms with Crippen LogP contribution in [0.3, 0.4) is 0 Å². The molecule has 3 nitrogen and oxygen atoms in total. The van der Waals surface area contributed by atoms with Crippen LogP contribution in [0.25, 0.3) is 0 Å². The van der Waals surface area contributed by atoms with Gasteiger partial charge in [0.2, 0.25) is 0 Å². The summed E-state index contributed by atoms with van der Waals surface area (Å²) in [4.78, 5) is 11.4. The topological polar surface area (TPSA) is 42.9 Å². The second kappa shape index (κ2) is 21.9. The van der Waals surface area contributed by atoms with Crippen LogP contribution in [-0.2, 0) is 9.53 Å². The highest BCUT2D eigenvalue weighted by Gasteiger charge is 2.11. The molecule has 0 aromatic rings. The van der Waals surface area contributed by atoms with Crippen LogP contribution in [0, 0.1) is 5.92 Å². The van der Waals surface area contributed by atoms with Gasteiger partial charge in [-0.3, -0.25) is 0 Å². The number of rotatable bonds is 19. The molecule has 162 valence electrons. The average Bonchev–Trinajstić information content (AvgIpc) is 2.62. The fourth-order valence-corrected chi connectivity index (χ4v) is 3.43. The Hall–Kier alpha value is -0.350. The molecule has 0 bridgehead atoms. The van der Waals surface area contributed by atoms with Gasteiger partial charge in [-0.2, -0.15) is 0 Å². The van der Waals surface area contributed by atoms with E-state index < -0.39 is 0 Å². The predicted molar refractivity (Wildman–Crippen MR) is 112 cm³/mol. The highest BCUT2D eigenvalue weighted by molar-refractivity contribution is 5.86. The average molecular weight is 449 g/mol. The Kier molecular flexibility index (Phi) is 23.5. The van der Waals surface area contributed by atoms with Gasteiger partial charge in [-0.25, -0.2) is 4.79 Å². The van der Waals surface area contributed by atoms with Crippen LogP contribution < -0.4 is 22.3 Å². The van der Waals surface area contributed by atoms with Crippen molar-refractivity contribution in [2.24, 2.45) is 5.92 Å². The fourth-order valence-electron chi connectivity index (χ4n) is 3.43. The molecule has 0 aliphatic heterocycles. The molecule has 0 aromatic heterocycles. The third-order valence-corrected chi connectivity index (χ3v) is 5.14. The second-order valence-corrected chi connectivity index (χ2v) is 7.89. The molecule has 4 heteroatoms. The molecule has 0 aliphatic rings. The van der Waals surface area contributed by atoms with Gasteiger partial charge in [0.25, 0.3) is 0 Å². The monoisotopic (exact) mass is 447 g/mol. The fraction of sp³-hybridized carbons (Fsp3) is 0.870. The molecule has 2 N–H and O–H groups in total. The summed E-state index contributed by atoms with van der Waals surface area (Å²) in [5.74, 6) is 0.399. The lowest BCUT2D eigenvalue weighted by molar-refractivity contribution is -0.633. The van der Waals surface area contributed by atoms with Crippen molar-refractivity contribution in [3.05, 3.63) is 12.2 Å². The van der Waals surface area contributed by atoms with Crippen molar-refractivity contribution in [3.63, 3.8) is 0 Å². The molecule has 1 unspecified atom stereocenters. The van der Waals surface area contributed by atoms with Crippen LogP contribution in [0.2, 0.25) is 0 Å². The smallest absolute Gasteiger partial charge is 0.333 e. The van der Waals surface area contributed by atoms with Crippen LogP contribution in [0.5, 0.6) is 0 Å². The van der Waals surface area contributed by atoms with Gasteiger partial charge in [0.1, 0.15) is 0 Å². The van der Waals surface area contributed by atoms with E-state index in [1.54, 1.807) is 6.92 Å². The third-order valence-electron chi connectivity index (χ3n) is 5.14. The van der Waals surface area contributed by atoms with Crippen LogP contribution in [0.4, 0.5) is 0 Å². The minimum Gasteiger partial charge on any atom is -1.00 e. The molecule has 27 heavy (non-hydrogen) atoms. The summed E-state index contributed by atoms with van der Waals surface area (Å²) < 4.78 is 5.24. The van der Waals surface area contributed by atoms with Crippen molar-refractivity contribution in [1.29, 1.82) is 0 Å². The number of quaternary nitrogens is 1. The van der Waals surface area contributed by atoms with Crippen molar-refractivity contribution < 1.29 is 31.8 Å². The lowest BCUT2D eigenvalue weighted by Crippen LogP contribution is -3.00. The highest BCUT2D eigenvalue weighted by atomic mass is 79.9.